The highest BCUT2D eigenvalue weighted by molar-refractivity contribution is 7.16. The van der Waals surface area contributed by atoms with Gasteiger partial charge in [0.25, 0.3) is 0 Å². The van der Waals surface area contributed by atoms with Crippen molar-refractivity contribution in [2.45, 2.75) is 13.8 Å². The smallest absolute Gasteiger partial charge is 0.235 e. The summed E-state index contributed by atoms with van der Waals surface area (Å²) in [5.74, 6) is 5.37. The maximum atomic E-state index is 10.9. The Morgan fingerprint density at radius 3 is 2.56 bits per heavy atom. The predicted octanol–water partition coefficient (Wildman–Crippen LogP) is 1.22. The maximum Gasteiger partial charge on any atom is 0.235 e. The lowest BCUT2D eigenvalue weighted by molar-refractivity contribution is -0.377. The first-order chi connectivity index (χ1) is 11.9. The molecular formula is C15H17N6O3S-. The highest BCUT2D eigenvalue weighted by Gasteiger charge is 2.11. The number of aryl methyl sites for hydroxylation is 1. The van der Waals surface area contributed by atoms with Crippen LogP contribution in [0.25, 0.3) is 5.70 Å². The molecule has 25 heavy (non-hydrogen) atoms. The number of nitrogens with two attached hydrogens (primary N) is 1. The molecule has 1 aromatic rings. The van der Waals surface area contributed by atoms with Crippen LogP contribution >= 0.6 is 11.3 Å². The molecule has 1 heterocycles. The van der Waals surface area contributed by atoms with E-state index in [1.165, 1.54) is 30.4 Å². The number of nitrogens with zero attached hydrogens (tertiary/aromatic N) is 2. The molecule has 1 amide bonds. The van der Waals surface area contributed by atoms with Gasteiger partial charge in [0.05, 0.1) is 16.3 Å². The van der Waals surface area contributed by atoms with Crippen LogP contribution in [-0.2, 0) is 4.79 Å². The van der Waals surface area contributed by atoms with Crippen LogP contribution in [0.3, 0.4) is 0 Å². The van der Waals surface area contributed by atoms with Crippen LogP contribution in [0.15, 0.2) is 42.0 Å². The Hall–Kier alpha value is -3.11. The number of nitrogens with one attached hydrogen (secondary N) is 3. The normalized spacial score (nSPS) is 13.6. The van der Waals surface area contributed by atoms with E-state index < -0.39 is 4.90 Å². The molecule has 0 spiro atoms. The molecule has 0 atom stereocenters. The molecule has 0 radical (unpaired) electrons. The van der Waals surface area contributed by atoms with Gasteiger partial charge < -0.3 is 15.8 Å². The van der Waals surface area contributed by atoms with Crippen LogP contribution in [0, 0.1) is 17.3 Å². The SMILES string of the molecule is CC(=O)NNc1nc(C)c(C(=CC=C2C=CC(=[N+]([O-])[O-])C=C2)NN)s1. The Labute approximate surface area is 148 Å². The standard InChI is InChI=1S/C15H17N6O3S/c1-9-14(25-15(17-9)20-19-10(2)22)13(18-16)8-5-11-3-6-12(7-4-11)21(23)24/h3-8,18H,16H2,1-2H3,(H2-,17,19,20,22,23,24)/q-1. The lowest BCUT2D eigenvalue weighted by atomic mass is 10.1. The van der Waals surface area contributed by atoms with E-state index in [9.17, 15) is 15.2 Å². The molecule has 0 unspecified atom stereocenters. The number of rotatable bonds is 5. The van der Waals surface area contributed by atoms with Gasteiger partial charge in [-0.2, -0.15) is 4.90 Å². The summed E-state index contributed by atoms with van der Waals surface area (Å²) in [5, 5.41) is 21.9. The van der Waals surface area contributed by atoms with Gasteiger partial charge in [0.1, 0.15) is 0 Å². The summed E-state index contributed by atoms with van der Waals surface area (Å²) in [6, 6.07) is 0. The minimum Gasteiger partial charge on any atom is -0.612 e. The number of amides is 1. The molecular weight excluding hydrogens is 344 g/mol. The molecule has 2 rings (SSSR count). The average molecular weight is 361 g/mol. The number of hydrogen-bond acceptors (Lipinski definition) is 8. The number of hydrogen-bond donors (Lipinski definition) is 4. The highest BCUT2D eigenvalue weighted by atomic mass is 32.1. The summed E-state index contributed by atoms with van der Waals surface area (Å²) in [5.41, 5.74) is 9.97. The van der Waals surface area contributed by atoms with Gasteiger partial charge in [0.2, 0.25) is 16.8 Å². The number of anilines is 1. The molecule has 0 saturated carbocycles. The average Bonchev–Trinajstić information content (AvgIpc) is 2.95. The minimum absolute atomic E-state index is 0.0327. The topological polar surface area (TPSA) is 141 Å². The third-order valence-corrected chi connectivity index (χ3v) is 4.19. The summed E-state index contributed by atoms with van der Waals surface area (Å²) < 4.78 is 0. The zero-order valence-corrected chi connectivity index (χ0v) is 14.4. The third kappa shape index (κ3) is 4.93. The second kappa shape index (κ2) is 8.13. The molecule has 5 N–H and O–H groups in total. The van der Waals surface area contributed by atoms with Gasteiger partial charge in [0.15, 0.2) is 0 Å². The maximum absolute atomic E-state index is 10.9. The van der Waals surface area contributed by atoms with E-state index in [0.29, 0.717) is 10.8 Å². The second-order valence-electron chi connectivity index (χ2n) is 4.98. The van der Waals surface area contributed by atoms with Crippen LogP contribution in [0.1, 0.15) is 17.5 Å². The van der Waals surface area contributed by atoms with Gasteiger partial charge in [-0.3, -0.25) is 21.5 Å². The first-order valence-corrected chi connectivity index (χ1v) is 7.99. The van der Waals surface area contributed by atoms with Crippen LogP contribution in [0.4, 0.5) is 5.13 Å². The van der Waals surface area contributed by atoms with E-state index in [1.54, 1.807) is 24.3 Å². The third-order valence-electron chi connectivity index (χ3n) is 3.09. The Kier molecular flexibility index (Phi) is 5.93. The predicted molar refractivity (Wildman–Crippen MR) is 98.0 cm³/mol. The Bertz CT molecular complexity index is 797. The van der Waals surface area contributed by atoms with E-state index in [2.05, 4.69) is 21.3 Å². The van der Waals surface area contributed by atoms with Crippen molar-refractivity contribution >= 4 is 33.8 Å². The quantitative estimate of drug-likeness (QED) is 0.351. The summed E-state index contributed by atoms with van der Waals surface area (Å²) in [7, 11) is 0. The van der Waals surface area contributed by atoms with Gasteiger partial charge in [-0.25, -0.2) is 4.98 Å². The van der Waals surface area contributed by atoms with Gasteiger partial charge >= 0.3 is 0 Å². The first kappa shape index (κ1) is 18.2. The molecule has 9 nitrogen and oxygen atoms in total. The molecule has 132 valence electrons. The summed E-state index contributed by atoms with van der Waals surface area (Å²) in [6.45, 7) is 3.21. The van der Waals surface area contributed by atoms with Crippen molar-refractivity contribution in [2.24, 2.45) is 5.84 Å². The fraction of sp³-hybridized carbons (Fsp3) is 0.133. The molecule has 0 aromatic carbocycles. The van der Waals surface area contributed by atoms with E-state index in [-0.39, 0.29) is 11.6 Å². The van der Waals surface area contributed by atoms with Crippen molar-refractivity contribution in [3.8, 4) is 0 Å². The second-order valence-corrected chi connectivity index (χ2v) is 5.98. The minimum atomic E-state index is -0.448. The molecule has 1 aliphatic carbocycles. The van der Waals surface area contributed by atoms with Crippen LogP contribution in [-0.4, -0.2) is 21.5 Å². The van der Waals surface area contributed by atoms with Gasteiger partial charge in [-0.15, -0.1) is 0 Å². The summed E-state index contributed by atoms with van der Waals surface area (Å²) >= 11 is 1.32. The fourth-order valence-corrected chi connectivity index (χ4v) is 2.83. The Balaban J connectivity index is 2.20. The fourth-order valence-electron chi connectivity index (χ4n) is 1.92. The molecule has 0 bridgehead atoms. The molecule has 0 saturated heterocycles. The van der Waals surface area contributed by atoms with Crippen LogP contribution < -0.4 is 22.1 Å². The summed E-state index contributed by atoms with van der Waals surface area (Å²) in [6.07, 6.45) is 9.69. The van der Waals surface area contributed by atoms with E-state index in [1.807, 2.05) is 6.92 Å². The molecule has 0 aliphatic heterocycles. The zero-order chi connectivity index (χ0) is 18.4. The van der Waals surface area contributed by atoms with E-state index in [4.69, 9.17) is 5.84 Å². The van der Waals surface area contributed by atoms with Crippen molar-refractivity contribution in [3.63, 3.8) is 0 Å². The van der Waals surface area contributed by atoms with Gasteiger partial charge in [-0.05, 0) is 30.7 Å². The van der Waals surface area contributed by atoms with Crippen molar-refractivity contribution in [1.29, 1.82) is 0 Å². The molecule has 1 aliphatic rings. The zero-order valence-electron chi connectivity index (χ0n) is 13.6. The highest BCUT2D eigenvalue weighted by Crippen LogP contribution is 2.27. The number of allylic oxidation sites excluding steroid dienone is 7. The summed E-state index contributed by atoms with van der Waals surface area (Å²) in [4.78, 5) is 15.6. The number of hydrazine groups is 2. The van der Waals surface area contributed by atoms with Crippen molar-refractivity contribution in [2.75, 3.05) is 5.43 Å². The monoisotopic (exact) mass is 361 g/mol. The van der Waals surface area contributed by atoms with Crippen molar-refractivity contribution < 1.29 is 9.70 Å². The first-order valence-electron chi connectivity index (χ1n) is 7.17. The Morgan fingerprint density at radius 2 is 2.00 bits per heavy atom. The van der Waals surface area contributed by atoms with E-state index >= 15 is 0 Å². The van der Waals surface area contributed by atoms with Gasteiger partial charge in [-0.1, -0.05) is 17.4 Å². The number of carbonyl (C=O) groups excluding carboxylic acids is 1. The molecule has 10 heteroatoms. The number of thiazole rings is 1. The number of carbonyl (C=O) groups is 1. The lowest BCUT2D eigenvalue weighted by Gasteiger charge is -2.08. The largest absolute Gasteiger partial charge is 0.612 e. The van der Waals surface area contributed by atoms with Crippen LogP contribution in [0.5, 0.6) is 0 Å². The van der Waals surface area contributed by atoms with Gasteiger partial charge in [0, 0.05) is 19.1 Å². The lowest BCUT2D eigenvalue weighted by Crippen LogP contribution is -2.26. The van der Waals surface area contributed by atoms with E-state index in [0.717, 1.165) is 16.1 Å². The van der Waals surface area contributed by atoms with Crippen molar-refractivity contribution in [1.82, 2.24) is 15.8 Å². The molecule has 1 aromatic heterocycles. The van der Waals surface area contributed by atoms with Crippen molar-refractivity contribution in [3.05, 3.63) is 63.0 Å². The Morgan fingerprint density at radius 1 is 1.32 bits per heavy atom. The number of aromatic nitrogens is 1. The molecule has 0 fully saturated rings. The van der Waals surface area contributed by atoms with Crippen LogP contribution in [0.2, 0.25) is 0 Å².